The molecule has 3 N–H and O–H groups in total. The summed E-state index contributed by atoms with van der Waals surface area (Å²) < 4.78 is 17.5. The maximum atomic E-state index is 11.8. The molecule has 0 spiro atoms. The van der Waals surface area contributed by atoms with Crippen molar-refractivity contribution in [2.24, 2.45) is 0 Å². The van der Waals surface area contributed by atoms with E-state index in [2.05, 4.69) is 102 Å². The number of aromatic nitrogens is 6. The van der Waals surface area contributed by atoms with Crippen LogP contribution in [0, 0.1) is 20.8 Å². The Balaban J connectivity index is 0.902. The zero-order valence-electron chi connectivity index (χ0n) is 49.1. The van der Waals surface area contributed by atoms with E-state index >= 15 is 0 Å². The summed E-state index contributed by atoms with van der Waals surface area (Å²) in [4.78, 5) is 34.7. The number of phenolic OH excluding ortho intramolecular Hbond substituents is 3. The Morgan fingerprint density at radius 1 is 0.321 bits per heavy atom. The zero-order chi connectivity index (χ0) is 58.5. The molecule has 15 heteroatoms. The van der Waals surface area contributed by atoms with Crippen LogP contribution in [0.5, 0.6) is 34.5 Å². The highest BCUT2D eigenvalue weighted by Gasteiger charge is 2.24. The number of nitrogens with zero attached hydrogens (tertiary/aromatic N) is 9. The molecular weight excluding hydrogens is 1050 g/mol. The van der Waals surface area contributed by atoms with E-state index in [-0.39, 0.29) is 17.2 Å². The van der Waals surface area contributed by atoms with Crippen molar-refractivity contribution < 1.29 is 29.5 Å². The van der Waals surface area contributed by atoms with E-state index in [9.17, 15) is 15.3 Å². The molecule has 0 unspecified atom stereocenters. The van der Waals surface area contributed by atoms with Gasteiger partial charge in [-0.2, -0.15) is 0 Å². The number of ether oxygens (including phenoxy) is 3. The second-order valence-corrected chi connectivity index (χ2v) is 22.0. The molecule has 1 aliphatic rings. The first kappa shape index (κ1) is 58.4. The predicted octanol–water partition coefficient (Wildman–Crippen LogP) is 11.3. The molecular formula is C69H75N9O6. The smallest absolute Gasteiger partial charge is 0.162 e. The third-order valence-electron chi connectivity index (χ3n) is 15.8. The van der Waals surface area contributed by atoms with E-state index in [4.69, 9.17) is 14.2 Å². The number of rotatable bonds is 21. The summed E-state index contributed by atoms with van der Waals surface area (Å²) in [5.41, 5.74) is 17.3. The summed E-state index contributed by atoms with van der Waals surface area (Å²) in [5, 5.41) is 35.4. The van der Waals surface area contributed by atoms with Gasteiger partial charge in [-0.1, -0.05) is 18.2 Å². The van der Waals surface area contributed by atoms with Gasteiger partial charge in [0.1, 0.15) is 0 Å². The molecule has 1 aliphatic heterocycles. The molecule has 1 fully saturated rings. The summed E-state index contributed by atoms with van der Waals surface area (Å²) >= 11 is 0. The molecule has 1 saturated heterocycles. The summed E-state index contributed by atoms with van der Waals surface area (Å²) in [5.74, 6) is 1.67. The molecule has 0 bridgehead atoms. The Morgan fingerprint density at radius 2 is 0.560 bits per heavy atom. The maximum absolute atomic E-state index is 11.8. The van der Waals surface area contributed by atoms with Gasteiger partial charge in [0, 0.05) is 113 Å². The number of phenols is 3. The van der Waals surface area contributed by atoms with E-state index in [0.29, 0.717) is 76.2 Å². The highest BCUT2D eigenvalue weighted by molar-refractivity contribution is 5.58. The molecule has 0 amide bonds. The number of methoxy groups -OCH3 is 3. The van der Waals surface area contributed by atoms with Crippen LogP contribution in [0.15, 0.2) is 146 Å². The van der Waals surface area contributed by atoms with E-state index in [1.54, 1.807) is 21.3 Å². The lowest BCUT2D eigenvalue weighted by Crippen LogP contribution is -2.35. The highest BCUT2D eigenvalue weighted by atomic mass is 16.5. The van der Waals surface area contributed by atoms with Crippen LogP contribution < -0.4 is 14.2 Å². The molecule has 0 atom stereocenters. The van der Waals surface area contributed by atoms with Gasteiger partial charge in [0.05, 0.1) is 55.5 Å². The van der Waals surface area contributed by atoms with Crippen molar-refractivity contribution in [1.82, 2.24) is 44.6 Å². The molecule has 7 heterocycles. The normalized spacial score (nSPS) is 13.5. The van der Waals surface area contributed by atoms with Gasteiger partial charge in [-0.15, -0.1) is 0 Å². The molecule has 432 valence electrons. The van der Waals surface area contributed by atoms with Crippen molar-refractivity contribution in [3.05, 3.63) is 213 Å². The Labute approximate surface area is 493 Å². The minimum Gasteiger partial charge on any atom is -0.504 e. The fraction of sp³-hybridized carbons (Fsp3) is 0.304. The largest absolute Gasteiger partial charge is 0.504 e. The van der Waals surface area contributed by atoms with Crippen LogP contribution in [0.25, 0.3) is 34.2 Å². The Kier molecular flexibility index (Phi) is 19.2. The van der Waals surface area contributed by atoms with Crippen molar-refractivity contribution in [2.75, 3.05) is 60.6 Å². The van der Waals surface area contributed by atoms with Crippen molar-refractivity contribution >= 4 is 0 Å². The lowest BCUT2D eigenvalue weighted by atomic mass is 10.0. The van der Waals surface area contributed by atoms with Crippen LogP contribution in [0.3, 0.4) is 0 Å². The van der Waals surface area contributed by atoms with Crippen molar-refractivity contribution in [3.8, 4) is 68.7 Å². The quantitative estimate of drug-likeness (QED) is 0.0619. The minimum absolute atomic E-state index is 0.124. The lowest BCUT2D eigenvalue weighted by Gasteiger charge is -2.27. The number of hydrogen-bond donors (Lipinski definition) is 3. The molecule has 0 saturated carbocycles. The lowest BCUT2D eigenvalue weighted by molar-refractivity contribution is 0.206. The fourth-order valence-corrected chi connectivity index (χ4v) is 11.0. The Morgan fingerprint density at radius 3 is 0.810 bits per heavy atom. The van der Waals surface area contributed by atoms with Gasteiger partial charge in [0.15, 0.2) is 34.5 Å². The molecule has 84 heavy (non-hydrogen) atoms. The monoisotopic (exact) mass is 1130 g/mol. The van der Waals surface area contributed by atoms with Gasteiger partial charge in [-0.05, 0) is 200 Å². The van der Waals surface area contributed by atoms with Gasteiger partial charge in [0.25, 0.3) is 0 Å². The standard InChI is InChI=1S/C69H75N9O6/c1-46-13-19-70-58(31-46)61-37-49(16-22-73-61)7-10-52-34-55(67(79)64(40-52)82-4)43-76-25-27-77(44-56-35-53(41-65(83-5)68(56)80)11-8-50-17-23-74-62(38-50)59-32-47(2)14-20-71-59)29-30-78(28-26-76)45-57-36-54(42-66(84-6)69(57)81)12-9-51-18-24-75-63(39-51)60-33-48(3)15-21-72-60/h13-24,31-42,79-81H,7-12,25-30,43-45H2,1-6H3. The second kappa shape index (κ2) is 27.5. The number of benzene rings is 3. The van der Waals surface area contributed by atoms with E-state index in [0.717, 1.165) is 139 Å². The first-order valence-electron chi connectivity index (χ1n) is 28.8. The van der Waals surface area contributed by atoms with E-state index in [1.807, 2.05) is 110 Å². The SMILES string of the molecule is COc1cc(CCc2ccnc(-c3cc(C)ccn3)c2)cc(CN2CCN(Cc3cc(CCc4ccnc(-c5cc(C)ccn5)c4)cc(OC)c3O)CCN(Cc3cc(CCc4ccnc(-c5cc(C)ccn5)c4)cc(OC)c3O)CC2)c1O. The summed E-state index contributed by atoms with van der Waals surface area (Å²) in [6.07, 6.45) is 15.4. The maximum Gasteiger partial charge on any atom is 0.162 e. The summed E-state index contributed by atoms with van der Waals surface area (Å²) in [6.45, 7) is 11.6. The number of aromatic hydroxyl groups is 3. The van der Waals surface area contributed by atoms with Crippen molar-refractivity contribution in [2.45, 2.75) is 78.9 Å². The average molecular weight is 1130 g/mol. The van der Waals surface area contributed by atoms with Gasteiger partial charge in [0.2, 0.25) is 0 Å². The third kappa shape index (κ3) is 15.1. The Bertz CT molecular complexity index is 3330. The van der Waals surface area contributed by atoms with Crippen LogP contribution in [0.4, 0.5) is 0 Å². The summed E-state index contributed by atoms with van der Waals surface area (Å²) in [6, 6.07) is 36.6. The molecule has 3 aromatic carbocycles. The molecule has 0 aliphatic carbocycles. The van der Waals surface area contributed by atoms with Crippen LogP contribution in [0.2, 0.25) is 0 Å². The van der Waals surface area contributed by atoms with E-state index in [1.165, 1.54) is 0 Å². The number of pyridine rings is 6. The van der Waals surface area contributed by atoms with Gasteiger partial charge in [-0.3, -0.25) is 44.6 Å². The fourth-order valence-electron chi connectivity index (χ4n) is 11.0. The van der Waals surface area contributed by atoms with Crippen LogP contribution in [-0.4, -0.2) is 121 Å². The topological polar surface area (TPSA) is 175 Å². The number of aryl methyl sites for hydroxylation is 9. The van der Waals surface area contributed by atoms with Crippen LogP contribution in [-0.2, 0) is 58.2 Å². The molecule has 6 aromatic heterocycles. The minimum atomic E-state index is 0.124. The van der Waals surface area contributed by atoms with Gasteiger partial charge < -0.3 is 29.5 Å². The van der Waals surface area contributed by atoms with Crippen LogP contribution >= 0.6 is 0 Å². The molecule has 15 nitrogen and oxygen atoms in total. The molecule has 9 aromatic rings. The highest BCUT2D eigenvalue weighted by Crippen LogP contribution is 2.37. The third-order valence-corrected chi connectivity index (χ3v) is 15.8. The number of hydrogen-bond acceptors (Lipinski definition) is 15. The average Bonchev–Trinajstić information content (AvgIpc) is 3.81. The van der Waals surface area contributed by atoms with Crippen LogP contribution in [0.1, 0.15) is 66.8 Å². The summed E-state index contributed by atoms with van der Waals surface area (Å²) in [7, 11) is 4.79. The molecule has 10 rings (SSSR count). The van der Waals surface area contributed by atoms with Crippen molar-refractivity contribution in [3.63, 3.8) is 0 Å². The van der Waals surface area contributed by atoms with E-state index < -0.39 is 0 Å². The first-order chi connectivity index (χ1) is 40.9. The van der Waals surface area contributed by atoms with Gasteiger partial charge in [-0.25, -0.2) is 0 Å². The Hall–Kier alpha value is -8.76. The molecule has 0 radical (unpaired) electrons. The van der Waals surface area contributed by atoms with Crippen molar-refractivity contribution in [1.29, 1.82) is 0 Å². The van der Waals surface area contributed by atoms with Gasteiger partial charge >= 0.3 is 0 Å². The first-order valence-corrected chi connectivity index (χ1v) is 28.8. The second-order valence-electron chi connectivity index (χ2n) is 22.0. The zero-order valence-corrected chi connectivity index (χ0v) is 49.1. The predicted molar refractivity (Wildman–Crippen MR) is 329 cm³/mol.